The number of aryl methyl sites for hydroxylation is 1. The van der Waals surface area contributed by atoms with Gasteiger partial charge in [-0.1, -0.05) is 6.07 Å². The van der Waals surface area contributed by atoms with Gasteiger partial charge in [-0.3, -0.25) is 9.71 Å². The van der Waals surface area contributed by atoms with Crippen LogP contribution in [-0.4, -0.2) is 18.5 Å². The lowest BCUT2D eigenvalue weighted by molar-refractivity contribution is 0.281. The van der Waals surface area contributed by atoms with E-state index in [9.17, 15) is 13.5 Å². The average Bonchev–Trinajstić information content (AvgIpc) is 2.42. The number of hydrogen-bond acceptors (Lipinski definition) is 4. The Morgan fingerprint density at radius 1 is 1.20 bits per heavy atom. The zero-order chi connectivity index (χ0) is 14.8. The average molecular weight is 292 g/mol. The van der Waals surface area contributed by atoms with Crippen LogP contribution in [0.5, 0.6) is 0 Å². The van der Waals surface area contributed by atoms with Crippen LogP contribution in [0.2, 0.25) is 0 Å². The van der Waals surface area contributed by atoms with E-state index in [4.69, 9.17) is 0 Å². The lowest BCUT2D eigenvalue weighted by Crippen LogP contribution is -2.15. The number of nitrogens with zero attached hydrogens (tertiary/aromatic N) is 1. The van der Waals surface area contributed by atoms with E-state index in [1.54, 1.807) is 25.1 Å². The number of pyridine rings is 1. The van der Waals surface area contributed by atoms with E-state index >= 15 is 0 Å². The Morgan fingerprint density at radius 2 is 1.85 bits per heavy atom. The number of anilines is 1. The topological polar surface area (TPSA) is 79.3 Å². The van der Waals surface area contributed by atoms with Gasteiger partial charge in [-0.05, 0) is 48.7 Å². The van der Waals surface area contributed by atoms with Crippen LogP contribution in [0.1, 0.15) is 16.7 Å². The molecule has 0 bridgehead atoms. The molecule has 0 fully saturated rings. The summed E-state index contributed by atoms with van der Waals surface area (Å²) in [6.07, 6.45) is 3.03. The van der Waals surface area contributed by atoms with Gasteiger partial charge in [0.2, 0.25) is 0 Å². The van der Waals surface area contributed by atoms with Crippen molar-refractivity contribution in [3.63, 3.8) is 0 Å². The third-order valence-corrected chi connectivity index (χ3v) is 4.59. The van der Waals surface area contributed by atoms with Gasteiger partial charge in [-0.25, -0.2) is 8.42 Å². The molecular weight excluding hydrogens is 276 g/mol. The van der Waals surface area contributed by atoms with E-state index in [2.05, 4.69) is 9.71 Å². The van der Waals surface area contributed by atoms with Gasteiger partial charge < -0.3 is 5.11 Å². The number of rotatable bonds is 4. The van der Waals surface area contributed by atoms with E-state index in [-0.39, 0.29) is 11.5 Å². The molecule has 0 saturated carbocycles. The standard InChI is InChI=1S/C14H16N2O3S/c1-10-7-12(9-17)8-14(11(10)2)20(18,19)16-13-3-5-15-6-4-13/h3-8,17H,9H2,1-2H3,(H,15,16). The Balaban J connectivity index is 2.47. The Labute approximate surface area is 118 Å². The van der Waals surface area contributed by atoms with Crippen molar-refractivity contribution >= 4 is 15.7 Å². The first-order valence-electron chi connectivity index (χ1n) is 6.08. The molecule has 20 heavy (non-hydrogen) atoms. The number of aliphatic hydroxyl groups excluding tert-OH is 1. The SMILES string of the molecule is Cc1cc(CO)cc(S(=O)(=O)Nc2ccncc2)c1C. The van der Waals surface area contributed by atoms with E-state index in [0.29, 0.717) is 16.8 Å². The molecule has 1 aromatic heterocycles. The van der Waals surface area contributed by atoms with Crippen LogP contribution in [0.4, 0.5) is 5.69 Å². The summed E-state index contributed by atoms with van der Waals surface area (Å²) in [5, 5.41) is 9.21. The minimum atomic E-state index is -3.69. The van der Waals surface area contributed by atoms with Crippen molar-refractivity contribution in [2.24, 2.45) is 0 Å². The van der Waals surface area contributed by atoms with Crippen LogP contribution in [0.3, 0.4) is 0 Å². The van der Waals surface area contributed by atoms with Crippen LogP contribution < -0.4 is 4.72 Å². The summed E-state index contributed by atoms with van der Waals surface area (Å²) in [7, 11) is -3.69. The molecule has 0 radical (unpaired) electrons. The monoisotopic (exact) mass is 292 g/mol. The van der Waals surface area contributed by atoms with Crippen molar-refractivity contribution in [2.75, 3.05) is 4.72 Å². The quantitative estimate of drug-likeness (QED) is 0.903. The van der Waals surface area contributed by atoms with Crippen molar-refractivity contribution < 1.29 is 13.5 Å². The van der Waals surface area contributed by atoms with Gasteiger partial charge in [-0.15, -0.1) is 0 Å². The maximum Gasteiger partial charge on any atom is 0.262 e. The smallest absolute Gasteiger partial charge is 0.262 e. The Morgan fingerprint density at radius 3 is 2.45 bits per heavy atom. The summed E-state index contributed by atoms with van der Waals surface area (Å²) in [5.74, 6) is 0. The van der Waals surface area contributed by atoms with Crippen molar-refractivity contribution in [3.05, 3.63) is 53.3 Å². The molecule has 2 N–H and O–H groups in total. The fraction of sp³-hybridized carbons (Fsp3) is 0.214. The fourth-order valence-corrected chi connectivity index (χ4v) is 3.33. The molecule has 2 aromatic rings. The van der Waals surface area contributed by atoms with Crippen LogP contribution >= 0.6 is 0 Å². The second-order valence-electron chi connectivity index (χ2n) is 4.54. The summed E-state index contributed by atoms with van der Waals surface area (Å²) in [6.45, 7) is 3.37. The first-order valence-corrected chi connectivity index (χ1v) is 7.56. The predicted octanol–water partition coefficient (Wildman–Crippen LogP) is 1.99. The van der Waals surface area contributed by atoms with E-state index in [1.165, 1.54) is 18.5 Å². The molecule has 0 aliphatic carbocycles. The molecule has 0 aliphatic heterocycles. The van der Waals surface area contributed by atoms with Gasteiger partial charge in [0.15, 0.2) is 0 Å². The number of aliphatic hydroxyl groups is 1. The van der Waals surface area contributed by atoms with Crippen LogP contribution in [0.15, 0.2) is 41.6 Å². The largest absolute Gasteiger partial charge is 0.392 e. The lowest BCUT2D eigenvalue weighted by atomic mass is 10.1. The van der Waals surface area contributed by atoms with E-state index in [0.717, 1.165) is 5.56 Å². The molecule has 0 saturated heterocycles. The summed E-state index contributed by atoms with van der Waals surface area (Å²) in [4.78, 5) is 4.02. The van der Waals surface area contributed by atoms with Gasteiger partial charge in [0.1, 0.15) is 0 Å². The number of sulfonamides is 1. The highest BCUT2D eigenvalue weighted by Gasteiger charge is 2.19. The molecule has 106 valence electrons. The number of benzene rings is 1. The van der Waals surface area contributed by atoms with Gasteiger partial charge >= 0.3 is 0 Å². The van der Waals surface area contributed by atoms with Crippen molar-refractivity contribution in [2.45, 2.75) is 25.3 Å². The van der Waals surface area contributed by atoms with Crippen LogP contribution in [-0.2, 0) is 16.6 Å². The Bertz CT molecular complexity index is 713. The van der Waals surface area contributed by atoms with Gasteiger partial charge in [0.05, 0.1) is 17.2 Å². The summed E-state index contributed by atoms with van der Waals surface area (Å²) in [6, 6.07) is 6.43. The minimum absolute atomic E-state index is 0.179. The van der Waals surface area contributed by atoms with Crippen molar-refractivity contribution in [3.8, 4) is 0 Å². The predicted molar refractivity (Wildman–Crippen MR) is 76.9 cm³/mol. The van der Waals surface area contributed by atoms with Gasteiger partial charge in [0, 0.05) is 12.4 Å². The highest BCUT2D eigenvalue weighted by Crippen LogP contribution is 2.23. The summed E-state index contributed by atoms with van der Waals surface area (Å²) < 4.78 is 27.4. The molecule has 0 amide bonds. The van der Waals surface area contributed by atoms with Gasteiger partial charge in [-0.2, -0.15) is 0 Å². The molecule has 0 atom stereocenters. The Hall–Kier alpha value is -1.92. The Kier molecular flexibility index (Phi) is 4.06. The zero-order valence-electron chi connectivity index (χ0n) is 11.3. The van der Waals surface area contributed by atoms with Crippen molar-refractivity contribution in [1.29, 1.82) is 0 Å². The molecule has 0 aliphatic rings. The summed E-state index contributed by atoms with van der Waals surface area (Å²) in [5.41, 5.74) is 2.52. The number of hydrogen-bond donors (Lipinski definition) is 2. The minimum Gasteiger partial charge on any atom is -0.392 e. The van der Waals surface area contributed by atoms with E-state index < -0.39 is 10.0 Å². The molecular formula is C14H16N2O3S. The molecule has 6 heteroatoms. The third kappa shape index (κ3) is 2.97. The molecule has 0 unspecified atom stereocenters. The van der Waals surface area contributed by atoms with Crippen molar-refractivity contribution in [1.82, 2.24) is 4.98 Å². The zero-order valence-corrected chi connectivity index (χ0v) is 12.1. The first-order chi connectivity index (χ1) is 9.44. The molecule has 1 heterocycles. The molecule has 2 rings (SSSR count). The molecule has 0 spiro atoms. The third-order valence-electron chi connectivity index (χ3n) is 3.08. The van der Waals surface area contributed by atoms with E-state index in [1.807, 2.05) is 6.92 Å². The maximum atomic E-state index is 12.4. The number of nitrogens with one attached hydrogen (secondary N) is 1. The maximum absolute atomic E-state index is 12.4. The summed E-state index contributed by atoms with van der Waals surface area (Å²) >= 11 is 0. The number of aromatic nitrogens is 1. The highest BCUT2D eigenvalue weighted by atomic mass is 32.2. The second-order valence-corrected chi connectivity index (χ2v) is 6.19. The fourth-order valence-electron chi connectivity index (χ4n) is 1.90. The lowest BCUT2D eigenvalue weighted by Gasteiger charge is -2.13. The first kappa shape index (κ1) is 14.5. The van der Waals surface area contributed by atoms with Gasteiger partial charge in [0.25, 0.3) is 10.0 Å². The van der Waals surface area contributed by atoms with Crippen LogP contribution in [0.25, 0.3) is 0 Å². The molecule has 1 aromatic carbocycles. The van der Waals surface area contributed by atoms with Crippen LogP contribution in [0, 0.1) is 13.8 Å². The normalized spacial score (nSPS) is 11.3. The second kappa shape index (κ2) is 5.60. The molecule has 5 nitrogen and oxygen atoms in total. The highest BCUT2D eigenvalue weighted by molar-refractivity contribution is 7.92.